The Labute approximate surface area is 168 Å². The minimum atomic E-state index is 0.0173. The van der Waals surface area contributed by atoms with Crippen LogP contribution in [-0.2, 0) is 6.42 Å². The van der Waals surface area contributed by atoms with Gasteiger partial charge in [0.05, 0.1) is 7.11 Å². The van der Waals surface area contributed by atoms with Crippen LogP contribution in [0.5, 0.6) is 5.75 Å². The fourth-order valence-corrected chi connectivity index (χ4v) is 3.10. The third-order valence-corrected chi connectivity index (χ3v) is 4.70. The number of nitrogens with zero attached hydrogens (tertiary/aromatic N) is 3. The third kappa shape index (κ3) is 4.08. The molecular formula is C22H21N5O2. The molecule has 0 saturated heterocycles. The van der Waals surface area contributed by atoms with E-state index in [9.17, 15) is 4.79 Å². The van der Waals surface area contributed by atoms with Crippen LogP contribution in [-0.4, -0.2) is 39.4 Å². The molecule has 2 aromatic heterocycles. The fraction of sp³-hybridized carbons (Fsp3) is 0.182. The fourth-order valence-electron chi connectivity index (χ4n) is 3.10. The summed E-state index contributed by atoms with van der Waals surface area (Å²) in [7, 11) is 1.66. The number of hydrogen-bond acceptors (Lipinski definition) is 6. The molecule has 0 atom stereocenters. The lowest BCUT2D eigenvalue weighted by atomic mass is 10.1. The predicted octanol–water partition coefficient (Wildman–Crippen LogP) is 3.89. The highest BCUT2D eigenvalue weighted by molar-refractivity contribution is 5.95. The molecule has 0 unspecified atom stereocenters. The number of rotatable bonds is 7. The SMILES string of the molecule is COc1ccc(CCNc2ncnc3nc(-c4cccc(C(C)=O)c4)[nH]c23)cc1. The zero-order chi connectivity index (χ0) is 20.2. The topological polar surface area (TPSA) is 92.8 Å². The number of imidazole rings is 1. The van der Waals surface area contributed by atoms with E-state index in [0.29, 0.717) is 29.4 Å². The molecule has 0 amide bonds. The highest BCUT2D eigenvalue weighted by Gasteiger charge is 2.12. The van der Waals surface area contributed by atoms with E-state index in [-0.39, 0.29) is 5.78 Å². The number of ketones is 1. The first-order chi connectivity index (χ1) is 14.1. The lowest BCUT2D eigenvalue weighted by Gasteiger charge is -2.07. The van der Waals surface area contributed by atoms with Crippen LogP contribution in [0.1, 0.15) is 22.8 Å². The van der Waals surface area contributed by atoms with Gasteiger partial charge in [-0.25, -0.2) is 15.0 Å². The quantitative estimate of drug-likeness (QED) is 0.468. The summed E-state index contributed by atoms with van der Waals surface area (Å²) in [6, 6.07) is 15.4. The molecule has 146 valence electrons. The van der Waals surface area contributed by atoms with Crippen molar-refractivity contribution in [3.63, 3.8) is 0 Å². The number of carbonyl (C=O) groups is 1. The second-order valence-corrected chi connectivity index (χ2v) is 6.67. The molecule has 0 spiro atoms. The normalized spacial score (nSPS) is 10.8. The monoisotopic (exact) mass is 387 g/mol. The third-order valence-electron chi connectivity index (χ3n) is 4.70. The van der Waals surface area contributed by atoms with E-state index in [1.807, 2.05) is 42.5 Å². The minimum absolute atomic E-state index is 0.0173. The summed E-state index contributed by atoms with van der Waals surface area (Å²) in [4.78, 5) is 28.1. The van der Waals surface area contributed by atoms with E-state index in [4.69, 9.17) is 4.74 Å². The molecule has 0 aliphatic carbocycles. The van der Waals surface area contributed by atoms with E-state index < -0.39 is 0 Å². The molecule has 0 saturated carbocycles. The summed E-state index contributed by atoms with van der Waals surface area (Å²) < 4.78 is 5.19. The molecule has 29 heavy (non-hydrogen) atoms. The van der Waals surface area contributed by atoms with E-state index in [0.717, 1.165) is 23.3 Å². The Balaban J connectivity index is 1.53. The molecule has 4 rings (SSSR count). The van der Waals surface area contributed by atoms with Crippen molar-refractivity contribution in [3.8, 4) is 17.1 Å². The Morgan fingerprint density at radius 2 is 1.97 bits per heavy atom. The second kappa shape index (κ2) is 8.10. The number of benzene rings is 2. The Morgan fingerprint density at radius 1 is 1.14 bits per heavy atom. The smallest absolute Gasteiger partial charge is 0.183 e. The Bertz CT molecular complexity index is 1150. The number of aromatic nitrogens is 4. The summed E-state index contributed by atoms with van der Waals surface area (Å²) >= 11 is 0. The first-order valence-electron chi connectivity index (χ1n) is 9.33. The number of hydrogen-bond donors (Lipinski definition) is 2. The van der Waals surface area contributed by atoms with Gasteiger partial charge in [0.15, 0.2) is 17.2 Å². The van der Waals surface area contributed by atoms with Crippen molar-refractivity contribution in [2.75, 3.05) is 19.0 Å². The number of carbonyl (C=O) groups excluding carboxylic acids is 1. The van der Waals surface area contributed by atoms with Crippen molar-refractivity contribution in [1.82, 2.24) is 19.9 Å². The highest BCUT2D eigenvalue weighted by Crippen LogP contribution is 2.24. The van der Waals surface area contributed by atoms with Crippen LogP contribution in [0.2, 0.25) is 0 Å². The first kappa shape index (κ1) is 18.6. The van der Waals surface area contributed by atoms with Crippen LogP contribution in [0.15, 0.2) is 54.9 Å². The maximum absolute atomic E-state index is 11.7. The van der Waals surface area contributed by atoms with Crippen LogP contribution < -0.4 is 10.1 Å². The highest BCUT2D eigenvalue weighted by atomic mass is 16.5. The van der Waals surface area contributed by atoms with Crippen LogP contribution in [0.4, 0.5) is 5.82 Å². The number of ether oxygens (including phenoxy) is 1. The van der Waals surface area contributed by atoms with Crippen LogP contribution in [0.3, 0.4) is 0 Å². The molecule has 0 fully saturated rings. The van der Waals surface area contributed by atoms with Crippen molar-refractivity contribution >= 4 is 22.8 Å². The lowest BCUT2D eigenvalue weighted by Crippen LogP contribution is -2.07. The molecule has 2 aromatic carbocycles. The summed E-state index contributed by atoms with van der Waals surface area (Å²) in [5, 5.41) is 3.35. The van der Waals surface area contributed by atoms with Gasteiger partial charge >= 0.3 is 0 Å². The molecule has 7 nitrogen and oxygen atoms in total. The summed E-state index contributed by atoms with van der Waals surface area (Å²) in [5.41, 5.74) is 4.00. The molecule has 2 N–H and O–H groups in total. The van der Waals surface area contributed by atoms with Gasteiger partial charge < -0.3 is 15.0 Å². The maximum atomic E-state index is 11.7. The van der Waals surface area contributed by atoms with Crippen molar-refractivity contribution in [2.24, 2.45) is 0 Å². The van der Waals surface area contributed by atoms with Gasteiger partial charge in [0.1, 0.15) is 23.4 Å². The van der Waals surface area contributed by atoms with Crippen LogP contribution >= 0.6 is 0 Å². The summed E-state index contributed by atoms with van der Waals surface area (Å²) in [5.74, 6) is 2.22. The number of fused-ring (bicyclic) bond motifs is 1. The summed E-state index contributed by atoms with van der Waals surface area (Å²) in [6.07, 6.45) is 2.34. The van der Waals surface area contributed by atoms with Gasteiger partial charge in [-0.3, -0.25) is 4.79 Å². The van der Waals surface area contributed by atoms with Crippen molar-refractivity contribution in [1.29, 1.82) is 0 Å². The molecule has 0 radical (unpaired) electrons. The van der Waals surface area contributed by atoms with Crippen molar-refractivity contribution in [3.05, 3.63) is 66.0 Å². The van der Waals surface area contributed by atoms with E-state index in [2.05, 4.69) is 25.3 Å². The number of anilines is 1. The summed E-state index contributed by atoms with van der Waals surface area (Å²) in [6.45, 7) is 2.26. The zero-order valence-electron chi connectivity index (χ0n) is 16.3. The van der Waals surface area contributed by atoms with E-state index >= 15 is 0 Å². The standard InChI is InChI=1S/C22H21N5O2/c1-14(28)16-4-3-5-17(12-16)20-26-19-21(24-13-25-22(19)27-20)23-11-10-15-6-8-18(29-2)9-7-15/h3-9,12-13H,10-11H2,1-2H3,(H2,23,24,25,26,27). The van der Waals surface area contributed by atoms with Gasteiger partial charge in [0.2, 0.25) is 0 Å². The van der Waals surface area contributed by atoms with E-state index in [1.165, 1.54) is 11.9 Å². The van der Waals surface area contributed by atoms with Gasteiger partial charge in [-0.15, -0.1) is 0 Å². The van der Waals surface area contributed by atoms with Crippen LogP contribution in [0, 0.1) is 0 Å². The lowest BCUT2D eigenvalue weighted by molar-refractivity contribution is 0.101. The number of H-pyrrole nitrogens is 1. The molecule has 0 aliphatic heterocycles. The van der Waals surface area contributed by atoms with Gasteiger partial charge in [0, 0.05) is 17.7 Å². The Kier molecular flexibility index (Phi) is 5.20. The van der Waals surface area contributed by atoms with Gasteiger partial charge in [0.25, 0.3) is 0 Å². The van der Waals surface area contributed by atoms with Crippen LogP contribution in [0.25, 0.3) is 22.6 Å². The van der Waals surface area contributed by atoms with Crippen molar-refractivity contribution < 1.29 is 9.53 Å². The number of nitrogens with one attached hydrogen (secondary N) is 2. The van der Waals surface area contributed by atoms with Gasteiger partial charge in [-0.2, -0.15) is 0 Å². The number of methoxy groups -OCH3 is 1. The van der Waals surface area contributed by atoms with Gasteiger partial charge in [-0.05, 0) is 37.1 Å². The zero-order valence-corrected chi connectivity index (χ0v) is 16.3. The molecule has 0 aliphatic rings. The number of aromatic amines is 1. The predicted molar refractivity (Wildman–Crippen MR) is 112 cm³/mol. The molecular weight excluding hydrogens is 366 g/mol. The Hall–Kier alpha value is -3.74. The van der Waals surface area contributed by atoms with E-state index in [1.54, 1.807) is 20.1 Å². The average Bonchev–Trinajstić information content (AvgIpc) is 3.20. The average molecular weight is 387 g/mol. The second-order valence-electron chi connectivity index (χ2n) is 6.67. The molecule has 0 bridgehead atoms. The Morgan fingerprint density at radius 3 is 2.72 bits per heavy atom. The van der Waals surface area contributed by atoms with Gasteiger partial charge in [-0.1, -0.05) is 30.3 Å². The minimum Gasteiger partial charge on any atom is -0.497 e. The largest absolute Gasteiger partial charge is 0.497 e. The molecule has 7 heteroatoms. The first-order valence-corrected chi connectivity index (χ1v) is 9.33. The van der Waals surface area contributed by atoms with Crippen molar-refractivity contribution in [2.45, 2.75) is 13.3 Å². The number of Topliss-reactive ketones (excluding diaryl/α,β-unsaturated/α-hetero) is 1. The molecule has 2 heterocycles. The molecule has 4 aromatic rings. The maximum Gasteiger partial charge on any atom is 0.183 e.